The molecule has 0 aromatic heterocycles. The molecule has 2 heterocycles. The fraction of sp³-hybridized carbons (Fsp3) is 0.591. The Morgan fingerprint density at radius 3 is 2.45 bits per heavy atom. The van der Waals surface area contributed by atoms with Crippen LogP contribution in [0.25, 0.3) is 0 Å². The smallest absolute Gasteiger partial charge is 0.261 e. The monoisotopic (exact) mass is 397 g/mol. The van der Waals surface area contributed by atoms with Crippen molar-refractivity contribution in [2.45, 2.75) is 57.2 Å². The predicted molar refractivity (Wildman–Crippen MR) is 113 cm³/mol. The van der Waals surface area contributed by atoms with Gasteiger partial charge < -0.3 is 10.6 Å². The zero-order valence-electron chi connectivity index (χ0n) is 17.4. The van der Waals surface area contributed by atoms with Crippen LogP contribution in [0.4, 0.5) is 0 Å². The number of hydrogen-bond donors (Lipinski definition) is 2. The number of hydrogen-bond acceptors (Lipinski definition) is 4. The molecule has 2 atom stereocenters. The maximum Gasteiger partial charge on any atom is 0.261 e. The minimum atomic E-state index is -0.174. The Morgan fingerprint density at radius 2 is 1.83 bits per heavy atom. The molecule has 4 rings (SSSR count). The highest BCUT2D eigenvalue weighted by atomic mass is 16.2. The van der Waals surface area contributed by atoms with E-state index in [4.69, 9.17) is 0 Å². The lowest BCUT2D eigenvalue weighted by atomic mass is 10.1. The number of unbranched alkanes of at least 4 members (excludes halogenated alkanes) is 1. The molecule has 7 heteroatoms. The molecular formula is C22H31N5O2. The number of imide groups is 1. The van der Waals surface area contributed by atoms with E-state index in [0.717, 1.165) is 44.4 Å². The third-order valence-electron chi connectivity index (χ3n) is 6.18. The number of guanidine groups is 1. The number of benzene rings is 1. The van der Waals surface area contributed by atoms with Crippen LogP contribution >= 0.6 is 0 Å². The van der Waals surface area contributed by atoms with Gasteiger partial charge in [0.25, 0.3) is 11.8 Å². The number of likely N-dealkylation sites (tertiary alicyclic amines) is 1. The zero-order valence-corrected chi connectivity index (χ0v) is 17.4. The van der Waals surface area contributed by atoms with Crippen molar-refractivity contribution in [3.05, 3.63) is 35.4 Å². The van der Waals surface area contributed by atoms with Crippen LogP contribution < -0.4 is 10.6 Å². The summed E-state index contributed by atoms with van der Waals surface area (Å²) in [7, 11) is 1.80. The van der Waals surface area contributed by atoms with Gasteiger partial charge in [-0.3, -0.25) is 24.4 Å². The summed E-state index contributed by atoms with van der Waals surface area (Å²) in [6, 6.07) is 8.92. The second-order valence-electron chi connectivity index (χ2n) is 8.37. The topological polar surface area (TPSA) is 77.0 Å². The molecule has 2 N–H and O–H groups in total. The fourth-order valence-corrected chi connectivity index (χ4v) is 4.51. The molecule has 2 unspecified atom stereocenters. The molecule has 3 aliphatic rings. The lowest BCUT2D eigenvalue weighted by molar-refractivity contribution is 0.0652. The van der Waals surface area contributed by atoms with Gasteiger partial charge in [0.2, 0.25) is 0 Å². The highest BCUT2D eigenvalue weighted by Crippen LogP contribution is 2.33. The summed E-state index contributed by atoms with van der Waals surface area (Å²) in [4.78, 5) is 33.1. The van der Waals surface area contributed by atoms with E-state index in [1.165, 1.54) is 17.7 Å². The molecule has 29 heavy (non-hydrogen) atoms. The van der Waals surface area contributed by atoms with Crippen molar-refractivity contribution in [1.82, 2.24) is 20.4 Å². The molecule has 156 valence electrons. The zero-order chi connectivity index (χ0) is 20.4. The van der Waals surface area contributed by atoms with E-state index >= 15 is 0 Å². The minimum Gasteiger partial charge on any atom is -0.356 e. The lowest BCUT2D eigenvalue weighted by Crippen LogP contribution is -2.45. The van der Waals surface area contributed by atoms with Crippen molar-refractivity contribution in [2.24, 2.45) is 4.99 Å². The van der Waals surface area contributed by atoms with Crippen molar-refractivity contribution in [2.75, 3.05) is 26.7 Å². The molecule has 1 saturated carbocycles. The lowest BCUT2D eigenvalue weighted by Gasteiger charge is -2.20. The molecule has 2 aliphatic heterocycles. The first-order chi connectivity index (χ1) is 14.1. The Hall–Kier alpha value is -2.41. The van der Waals surface area contributed by atoms with Crippen LogP contribution in [0.2, 0.25) is 0 Å². The van der Waals surface area contributed by atoms with Crippen molar-refractivity contribution in [3.8, 4) is 0 Å². The normalized spacial score (nSPS) is 24.9. The summed E-state index contributed by atoms with van der Waals surface area (Å²) in [6.07, 6.45) is 5.47. The van der Waals surface area contributed by atoms with Gasteiger partial charge in [-0.1, -0.05) is 12.1 Å². The summed E-state index contributed by atoms with van der Waals surface area (Å²) >= 11 is 0. The summed E-state index contributed by atoms with van der Waals surface area (Å²) in [5, 5.41) is 6.91. The van der Waals surface area contributed by atoms with Crippen molar-refractivity contribution >= 4 is 17.8 Å². The molecule has 1 saturated heterocycles. The van der Waals surface area contributed by atoms with Crippen LogP contribution in [0, 0.1) is 0 Å². The molecule has 7 nitrogen and oxygen atoms in total. The van der Waals surface area contributed by atoms with Crippen LogP contribution in [0.1, 0.15) is 59.7 Å². The fourth-order valence-electron chi connectivity index (χ4n) is 4.51. The standard InChI is InChI=1S/C22H31N5O2/c1-15-13-16(14-27(15)17-9-10-17)25-22(23-2)24-11-5-6-12-26-20(28)18-7-3-4-8-19(18)21(26)29/h3-4,7-8,15-17H,5-6,9-14H2,1-2H3,(H2,23,24,25). The van der Waals surface area contributed by atoms with E-state index in [9.17, 15) is 9.59 Å². The number of fused-ring (bicyclic) bond motifs is 1. The van der Waals surface area contributed by atoms with Crippen LogP contribution in [0.15, 0.2) is 29.3 Å². The van der Waals surface area contributed by atoms with Crippen LogP contribution in [0.3, 0.4) is 0 Å². The summed E-state index contributed by atoms with van der Waals surface area (Å²) in [5.74, 6) is 0.485. The number of aliphatic imine (C=N–C) groups is 1. The van der Waals surface area contributed by atoms with E-state index < -0.39 is 0 Å². The van der Waals surface area contributed by atoms with Crippen molar-refractivity contribution < 1.29 is 9.59 Å². The Balaban J connectivity index is 1.17. The largest absolute Gasteiger partial charge is 0.356 e. The van der Waals surface area contributed by atoms with Crippen molar-refractivity contribution in [1.29, 1.82) is 0 Å². The van der Waals surface area contributed by atoms with Crippen molar-refractivity contribution in [3.63, 3.8) is 0 Å². The van der Waals surface area contributed by atoms with Gasteiger partial charge in [-0.05, 0) is 51.2 Å². The number of carbonyl (C=O) groups excluding carboxylic acids is 2. The quantitative estimate of drug-likeness (QED) is 0.318. The van der Waals surface area contributed by atoms with E-state index in [-0.39, 0.29) is 11.8 Å². The summed E-state index contributed by atoms with van der Waals surface area (Å²) in [5.41, 5.74) is 1.04. The molecule has 0 radical (unpaired) electrons. The van der Waals surface area contributed by atoms with Crippen LogP contribution in [-0.4, -0.2) is 72.4 Å². The molecular weight excluding hydrogens is 366 g/mol. The highest BCUT2D eigenvalue weighted by Gasteiger charge is 2.39. The highest BCUT2D eigenvalue weighted by molar-refractivity contribution is 6.21. The van der Waals surface area contributed by atoms with Gasteiger partial charge in [0, 0.05) is 44.8 Å². The van der Waals surface area contributed by atoms with E-state index in [1.54, 1.807) is 31.3 Å². The van der Waals surface area contributed by atoms with Gasteiger partial charge in [0.15, 0.2) is 5.96 Å². The summed E-state index contributed by atoms with van der Waals surface area (Å²) in [6.45, 7) is 4.62. The SMILES string of the molecule is CN=C(NCCCCN1C(=O)c2ccccc2C1=O)NC1CC(C)N(C2CC2)C1. The summed E-state index contributed by atoms with van der Waals surface area (Å²) < 4.78 is 0. The Bertz CT molecular complexity index is 769. The maximum atomic E-state index is 12.4. The number of amides is 2. The Morgan fingerprint density at radius 1 is 1.14 bits per heavy atom. The third-order valence-corrected chi connectivity index (χ3v) is 6.18. The number of rotatable bonds is 7. The Kier molecular flexibility index (Phi) is 5.85. The first-order valence-electron chi connectivity index (χ1n) is 10.8. The van der Waals surface area contributed by atoms with Gasteiger partial charge in [-0.25, -0.2) is 0 Å². The second kappa shape index (κ2) is 8.53. The van der Waals surface area contributed by atoms with E-state index in [1.807, 2.05) is 0 Å². The first kappa shape index (κ1) is 19.9. The first-order valence-corrected chi connectivity index (χ1v) is 10.8. The number of carbonyl (C=O) groups is 2. The van der Waals surface area contributed by atoms with E-state index in [2.05, 4.69) is 27.4 Å². The van der Waals surface area contributed by atoms with Gasteiger partial charge in [-0.2, -0.15) is 0 Å². The van der Waals surface area contributed by atoms with Gasteiger partial charge in [-0.15, -0.1) is 0 Å². The molecule has 1 aromatic carbocycles. The van der Waals surface area contributed by atoms with Gasteiger partial charge in [0.05, 0.1) is 11.1 Å². The van der Waals surface area contributed by atoms with E-state index in [0.29, 0.717) is 29.8 Å². The average Bonchev–Trinajstić information content (AvgIpc) is 3.46. The molecule has 0 spiro atoms. The van der Waals surface area contributed by atoms with Gasteiger partial charge >= 0.3 is 0 Å². The number of nitrogens with zero attached hydrogens (tertiary/aromatic N) is 3. The molecule has 0 bridgehead atoms. The molecule has 2 fully saturated rings. The van der Waals surface area contributed by atoms with Gasteiger partial charge in [0.1, 0.15) is 0 Å². The second-order valence-corrected chi connectivity index (χ2v) is 8.37. The van der Waals surface area contributed by atoms with Crippen LogP contribution in [-0.2, 0) is 0 Å². The molecule has 1 aliphatic carbocycles. The Labute approximate surface area is 172 Å². The number of nitrogens with one attached hydrogen (secondary N) is 2. The van der Waals surface area contributed by atoms with Crippen LogP contribution in [0.5, 0.6) is 0 Å². The molecule has 2 amide bonds. The predicted octanol–water partition coefficient (Wildman–Crippen LogP) is 1.85. The third kappa shape index (κ3) is 4.29. The molecule has 1 aromatic rings. The average molecular weight is 398 g/mol. The maximum absolute atomic E-state index is 12.4. The minimum absolute atomic E-state index is 0.174.